The van der Waals surface area contributed by atoms with Gasteiger partial charge in [0.2, 0.25) is 0 Å². The van der Waals surface area contributed by atoms with Gasteiger partial charge < -0.3 is 5.32 Å². The van der Waals surface area contributed by atoms with Crippen LogP contribution >= 0.6 is 11.6 Å². The first kappa shape index (κ1) is 12.6. The van der Waals surface area contributed by atoms with E-state index in [9.17, 15) is 4.39 Å². The average Bonchev–Trinajstić information content (AvgIpc) is 3.20. The van der Waals surface area contributed by atoms with Crippen LogP contribution in [0.4, 0.5) is 4.39 Å². The molecule has 1 heterocycles. The number of hydrogen-bond acceptors (Lipinski definition) is 2. The fourth-order valence-corrected chi connectivity index (χ4v) is 2.23. The summed E-state index contributed by atoms with van der Waals surface area (Å²) in [5, 5.41) is 3.83. The van der Waals surface area contributed by atoms with Crippen LogP contribution in [0.5, 0.6) is 0 Å². The van der Waals surface area contributed by atoms with E-state index in [-0.39, 0.29) is 5.82 Å². The first-order valence-corrected chi connectivity index (χ1v) is 6.72. The van der Waals surface area contributed by atoms with Crippen molar-refractivity contribution in [2.75, 3.05) is 0 Å². The molecule has 0 unspecified atom stereocenters. The van der Waals surface area contributed by atoms with E-state index in [1.165, 1.54) is 25.0 Å². The Morgan fingerprint density at radius 2 is 2.00 bits per heavy atom. The highest BCUT2D eigenvalue weighted by Crippen LogP contribution is 2.25. The van der Waals surface area contributed by atoms with Crippen LogP contribution in [0.1, 0.15) is 18.4 Å². The number of benzene rings is 1. The molecule has 0 spiro atoms. The summed E-state index contributed by atoms with van der Waals surface area (Å²) in [6.45, 7) is 0.800. The normalized spacial score (nSPS) is 14.6. The highest BCUT2D eigenvalue weighted by atomic mass is 35.5. The lowest BCUT2D eigenvalue weighted by molar-refractivity contribution is 0.628. The summed E-state index contributed by atoms with van der Waals surface area (Å²) in [7, 11) is 0. The van der Waals surface area contributed by atoms with Gasteiger partial charge in [-0.1, -0.05) is 11.6 Å². The lowest BCUT2D eigenvalue weighted by atomic mass is 10.1. The largest absolute Gasteiger partial charge is 0.310 e. The van der Waals surface area contributed by atoms with Crippen LogP contribution in [0.25, 0.3) is 11.1 Å². The Hall–Kier alpha value is -1.45. The zero-order valence-electron chi connectivity index (χ0n) is 10.4. The molecule has 19 heavy (non-hydrogen) atoms. The molecule has 2 nitrogen and oxygen atoms in total. The van der Waals surface area contributed by atoms with Gasteiger partial charge in [-0.2, -0.15) is 0 Å². The van der Waals surface area contributed by atoms with Crippen LogP contribution in [0.2, 0.25) is 5.02 Å². The zero-order valence-corrected chi connectivity index (χ0v) is 11.1. The summed E-state index contributed by atoms with van der Waals surface area (Å²) in [6.07, 6.45) is 6.07. The summed E-state index contributed by atoms with van der Waals surface area (Å²) in [5.74, 6) is -0.330. The molecule has 0 aliphatic heterocycles. The fourth-order valence-electron chi connectivity index (χ4n) is 2.01. The van der Waals surface area contributed by atoms with Crippen LogP contribution in [0, 0.1) is 5.82 Å². The number of hydrogen-bond donors (Lipinski definition) is 1. The van der Waals surface area contributed by atoms with Gasteiger partial charge >= 0.3 is 0 Å². The van der Waals surface area contributed by atoms with Gasteiger partial charge in [0.05, 0.1) is 0 Å². The van der Waals surface area contributed by atoms with E-state index in [0.717, 1.165) is 23.2 Å². The van der Waals surface area contributed by atoms with Crippen molar-refractivity contribution in [3.8, 4) is 11.1 Å². The van der Waals surface area contributed by atoms with Crippen LogP contribution in [-0.2, 0) is 6.54 Å². The van der Waals surface area contributed by atoms with Gasteiger partial charge in [0.1, 0.15) is 5.82 Å². The van der Waals surface area contributed by atoms with Gasteiger partial charge in [-0.05, 0) is 48.2 Å². The minimum atomic E-state index is -0.330. The minimum absolute atomic E-state index is 0.330. The third-order valence-corrected chi connectivity index (χ3v) is 3.38. The van der Waals surface area contributed by atoms with Crippen LogP contribution in [0.15, 0.2) is 36.7 Å². The first-order chi connectivity index (χ1) is 9.20. The Morgan fingerprint density at radius 3 is 2.74 bits per heavy atom. The van der Waals surface area contributed by atoms with Crippen molar-refractivity contribution in [2.24, 2.45) is 0 Å². The Labute approximate surface area is 116 Å². The summed E-state index contributed by atoms with van der Waals surface area (Å²) < 4.78 is 13.4. The molecule has 3 rings (SSSR count). The molecule has 4 heteroatoms. The molecular formula is C15H14ClFN2. The monoisotopic (exact) mass is 276 g/mol. The van der Waals surface area contributed by atoms with Crippen molar-refractivity contribution < 1.29 is 4.39 Å². The van der Waals surface area contributed by atoms with Gasteiger partial charge in [-0.15, -0.1) is 0 Å². The Bertz CT molecular complexity index is 576. The predicted octanol–water partition coefficient (Wildman–Crippen LogP) is 3.79. The topological polar surface area (TPSA) is 24.9 Å². The molecule has 0 bridgehead atoms. The second kappa shape index (κ2) is 5.27. The Balaban J connectivity index is 1.84. The minimum Gasteiger partial charge on any atom is -0.310 e. The molecular weight excluding hydrogens is 263 g/mol. The van der Waals surface area contributed by atoms with Crippen molar-refractivity contribution in [3.05, 3.63) is 53.1 Å². The molecule has 0 amide bonds. The van der Waals surface area contributed by atoms with E-state index in [4.69, 9.17) is 11.6 Å². The summed E-state index contributed by atoms with van der Waals surface area (Å²) in [4.78, 5) is 4.21. The summed E-state index contributed by atoms with van der Waals surface area (Å²) >= 11 is 5.88. The SMILES string of the molecule is Fc1cc(Cl)cc(-c2cncc(CNC3CC3)c2)c1. The highest BCUT2D eigenvalue weighted by molar-refractivity contribution is 6.30. The standard InChI is InChI=1S/C15H14ClFN2/c16-13-4-11(5-14(17)6-13)12-3-10(7-18-9-12)8-19-15-1-2-15/h3-7,9,15,19H,1-2,8H2. The molecule has 0 atom stereocenters. The second-order valence-corrected chi connectivity index (χ2v) is 5.33. The number of halogens is 2. The van der Waals surface area contributed by atoms with E-state index >= 15 is 0 Å². The van der Waals surface area contributed by atoms with Crippen molar-refractivity contribution in [1.82, 2.24) is 10.3 Å². The molecule has 1 aliphatic rings. The average molecular weight is 277 g/mol. The van der Waals surface area contributed by atoms with Crippen LogP contribution < -0.4 is 5.32 Å². The van der Waals surface area contributed by atoms with Crippen molar-refractivity contribution in [3.63, 3.8) is 0 Å². The molecule has 1 fully saturated rings. The molecule has 0 saturated heterocycles. The molecule has 98 valence electrons. The van der Waals surface area contributed by atoms with Gasteiger partial charge in [0, 0.05) is 35.6 Å². The van der Waals surface area contributed by atoms with E-state index < -0.39 is 0 Å². The molecule has 1 aliphatic carbocycles. The van der Waals surface area contributed by atoms with E-state index in [1.807, 2.05) is 12.3 Å². The Morgan fingerprint density at radius 1 is 1.16 bits per heavy atom. The van der Waals surface area contributed by atoms with Crippen LogP contribution in [0.3, 0.4) is 0 Å². The molecule has 1 aromatic carbocycles. The zero-order chi connectivity index (χ0) is 13.2. The van der Waals surface area contributed by atoms with Crippen molar-refractivity contribution >= 4 is 11.6 Å². The molecule has 1 aromatic heterocycles. The number of aromatic nitrogens is 1. The van der Waals surface area contributed by atoms with Gasteiger partial charge in [-0.25, -0.2) is 4.39 Å². The molecule has 1 N–H and O–H groups in total. The lowest BCUT2D eigenvalue weighted by Crippen LogP contribution is -2.15. The van der Waals surface area contributed by atoms with Crippen LogP contribution in [-0.4, -0.2) is 11.0 Å². The molecule has 0 radical (unpaired) electrons. The molecule has 2 aromatic rings. The van der Waals surface area contributed by atoms with E-state index in [1.54, 1.807) is 12.3 Å². The third kappa shape index (κ3) is 3.31. The predicted molar refractivity (Wildman–Crippen MR) is 74.5 cm³/mol. The van der Waals surface area contributed by atoms with Gasteiger partial charge in [0.25, 0.3) is 0 Å². The fraction of sp³-hybridized carbons (Fsp3) is 0.267. The van der Waals surface area contributed by atoms with Crippen molar-refractivity contribution in [1.29, 1.82) is 0 Å². The number of rotatable bonds is 4. The molecule has 1 saturated carbocycles. The highest BCUT2D eigenvalue weighted by Gasteiger charge is 2.19. The Kier molecular flexibility index (Phi) is 3.49. The summed E-state index contributed by atoms with van der Waals surface area (Å²) in [6, 6.07) is 7.21. The van der Waals surface area contributed by atoms with Crippen molar-refractivity contribution in [2.45, 2.75) is 25.4 Å². The smallest absolute Gasteiger partial charge is 0.125 e. The first-order valence-electron chi connectivity index (χ1n) is 6.34. The van der Waals surface area contributed by atoms with E-state index in [0.29, 0.717) is 11.1 Å². The maximum absolute atomic E-state index is 13.4. The third-order valence-electron chi connectivity index (χ3n) is 3.16. The number of nitrogens with one attached hydrogen (secondary N) is 1. The quantitative estimate of drug-likeness (QED) is 0.919. The van der Waals surface area contributed by atoms with Gasteiger partial charge in [-0.3, -0.25) is 4.98 Å². The maximum Gasteiger partial charge on any atom is 0.125 e. The van der Waals surface area contributed by atoms with E-state index in [2.05, 4.69) is 10.3 Å². The second-order valence-electron chi connectivity index (χ2n) is 4.90. The summed E-state index contributed by atoms with van der Waals surface area (Å²) in [5.41, 5.74) is 2.74. The lowest BCUT2D eigenvalue weighted by Gasteiger charge is -2.06. The van der Waals surface area contributed by atoms with Gasteiger partial charge in [0.15, 0.2) is 0 Å². The number of nitrogens with zero attached hydrogens (tertiary/aromatic N) is 1. The maximum atomic E-state index is 13.4. The number of pyridine rings is 1.